The molecule has 1 aromatic heterocycles. The molecule has 0 spiro atoms. The van der Waals surface area contributed by atoms with E-state index in [0.717, 1.165) is 6.54 Å². The van der Waals surface area contributed by atoms with Crippen LogP contribution in [0.25, 0.3) is 0 Å². The minimum atomic E-state index is -0.0460. The van der Waals surface area contributed by atoms with Crippen LogP contribution in [0.5, 0.6) is 0 Å². The van der Waals surface area contributed by atoms with Crippen LogP contribution in [0.1, 0.15) is 25.8 Å². The first-order chi connectivity index (χ1) is 9.60. The summed E-state index contributed by atoms with van der Waals surface area (Å²) in [6.07, 6.45) is 0.650. The van der Waals surface area contributed by atoms with Gasteiger partial charge in [-0.1, -0.05) is 0 Å². The Labute approximate surface area is 123 Å². The van der Waals surface area contributed by atoms with E-state index in [1.165, 1.54) is 11.3 Å². The van der Waals surface area contributed by atoms with E-state index < -0.39 is 0 Å². The van der Waals surface area contributed by atoms with Gasteiger partial charge in [-0.3, -0.25) is 9.69 Å². The van der Waals surface area contributed by atoms with Gasteiger partial charge in [-0.25, -0.2) is 0 Å². The third-order valence-electron chi connectivity index (χ3n) is 3.40. The Hall–Kier alpha value is -1.42. The molecular weight excluding hydrogens is 274 g/mol. The fourth-order valence-corrected chi connectivity index (χ4v) is 2.97. The van der Waals surface area contributed by atoms with E-state index in [9.17, 15) is 4.79 Å². The van der Waals surface area contributed by atoms with Crippen molar-refractivity contribution in [3.05, 3.63) is 17.0 Å². The molecule has 1 aliphatic rings. The van der Waals surface area contributed by atoms with Crippen molar-refractivity contribution in [3.8, 4) is 6.07 Å². The van der Waals surface area contributed by atoms with Crippen LogP contribution < -0.4 is 5.32 Å². The Morgan fingerprint density at radius 1 is 1.65 bits per heavy atom. The van der Waals surface area contributed by atoms with Crippen molar-refractivity contribution in [3.63, 3.8) is 0 Å². The molecule has 1 aromatic rings. The summed E-state index contributed by atoms with van der Waals surface area (Å²) < 4.78 is 5.57. The minimum Gasteiger partial charge on any atom is -0.376 e. The molecule has 20 heavy (non-hydrogen) atoms. The minimum absolute atomic E-state index is 0.0460. The van der Waals surface area contributed by atoms with E-state index in [4.69, 9.17) is 10.00 Å². The molecule has 2 unspecified atom stereocenters. The molecule has 2 rings (SSSR count). The summed E-state index contributed by atoms with van der Waals surface area (Å²) in [5.41, 5.74) is 0.525. The number of hydrogen-bond acceptors (Lipinski definition) is 5. The number of rotatable bonds is 4. The van der Waals surface area contributed by atoms with Gasteiger partial charge in [0, 0.05) is 25.6 Å². The highest BCUT2D eigenvalue weighted by atomic mass is 32.1. The molecule has 0 saturated carbocycles. The number of amides is 1. The van der Waals surface area contributed by atoms with Crippen molar-refractivity contribution in [1.29, 1.82) is 5.26 Å². The Morgan fingerprint density at radius 3 is 3.20 bits per heavy atom. The number of hydrogen-bond donors (Lipinski definition) is 1. The van der Waals surface area contributed by atoms with Crippen molar-refractivity contribution in [2.24, 2.45) is 0 Å². The van der Waals surface area contributed by atoms with Crippen LogP contribution >= 0.6 is 11.3 Å². The molecule has 0 aromatic carbocycles. The highest BCUT2D eigenvalue weighted by molar-refractivity contribution is 7.14. The van der Waals surface area contributed by atoms with E-state index in [0.29, 0.717) is 36.2 Å². The molecule has 6 heteroatoms. The van der Waals surface area contributed by atoms with Gasteiger partial charge < -0.3 is 10.1 Å². The number of carbonyl (C=O) groups is 1. The van der Waals surface area contributed by atoms with Crippen LogP contribution in [0.15, 0.2) is 11.4 Å². The summed E-state index contributed by atoms with van der Waals surface area (Å²) in [4.78, 5) is 14.2. The van der Waals surface area contributed by atoms with Crippen LogP contribution in [0.4, 0.5) is 5.00 Å². The van der Waals surface area contributed by atoms with E-state index >= 15 is 0 Å². The van der Waals surface area contributed by atoms with Crippen LogP contribution in [-0.4, -0.2) is 42.6 Å². The van der Waals surface area contributed by atoms with Gasteiger partial charge in [0.2, 0.25) is 5.91 Å². The average molecular weight is 293 g/mol. The summed E-state index contributed by atoms with van der Waals surface area (Å²) >= 11 is 1.38. The van der Waals surface area contributed by atoms with Gasteiger partial charge in [0.25, 0.3) is 0 Å². The van der Waals surface area contributed by atoms with Gasteiger partial charge in [0.05, 0.1) is 18.3 Å². The molecular formula is C14H19N3O2S. The largest absolute Gasteiger partial charge is 0.376 e. The zero-order chi connectivity index (χ0) is 14.5. The smallest absolute Gasteiger partial charge is 0.226 e. The van der Waals surface area contributed by atoms with Gasteiger partial charge in [0.15, 0.2) is 0 Å². The third-order valence-corrected chi connectivity index (χ3v) is 4.23. The number of nitriles is 1. The molecule has 1 fully saturated rings. The predicted octanol–water partition coefficient (Wildman–Crippen LogP) is 2.06. The fourth-order valence-electron chi connectivity index (χ4n) is 2.21. The number of morpholine rings is 1. The van der Waals surface area contributed by atoms with Crippen LogP contribution in [-0.2, 0) is 9.53 Å². The molecule has 0 radical (unpaired) electrons. The third kappa shape index (κ3) is 3.79. The highest BCUT2D eigenvalue weighted by Gasteiger charge is 2.23. The Kier molecular flexibility index (Phi) is 5.12. The molecule has 1 amide bonds. The van der Waals surface area contributed by atoms with Crippen LogP contribution in [0.3, 0.4) is 0 Å². The van der Waals surface area contributed by atoms with Crippen molar-refractivity contribution in [2.45, 2.75) is 32.4 Å². The predicted molar refractivity (Wildman–Crippen MR) is 78.7 cm³/mol. The number of ether oxygens (including phenoxy) is 1. The lowest BCUT2D eigenvalue weighted by Gasteiger charge is -2.36. The molecule has 0 bridgehead atoms. The average Bonchev–Trinajstić information content (AvgIpc) is 2.87. The first-order valence-electron chi connectivity index (χ1n) is 6.73. The van der Waals surface area contributed by atoms with Gasteiger partial charge in [-0.05, 0) is 25.3 Å². The van der Waals surface area contributed by atoms with Gasteiger partial charge in [-0.15, -0.1) is 11.3 Å². The zero-order valence-electron chi connectivity index (χ0n) is 11.8. The number of anilines is 1. The number of carbonyl (C=O) groups excluding carboxylic acids is 1. The summed E-state index contributed by atoms with van der Waals surface area (Å²) in [5.74, 6) is -0.0460. The quantitative estimate of drug-likeness (QED) is 0.923. The van der Waals surface area contributed by atoms with Crippen molar-refractivity contribution >= 4 is 22.2 Å². The monoisotopic (exact) mass is 293 g/mol. The SMILES string of the molecule is CC1CN(CCC(=O)Nc2sccc2C#N)C(C)CO1. The van der Waals surface area contributed by atoms with Crippen molar-refractivity contribution in [1.82, 2.24) is 4.90 Å². The standard InChI is InChI=1S/C14H19N3O2S/c1-10-9-19-11(2)8-17(10)5-3-13(18)16-14-12(7-15)4-6-20-14/h4,6,10-11H,3,5,8-9H2,1-2H3,(H,16,18). The maximum Gasteiger partial charge on any atom is 0.226 e. The highest BCUT2D eigenvalue weighted by Crippen LogP contribution is 2.22. The zero-order valence-corrected chi connectivity index (χ0v) is 12.6. The Morgan fingerprint density at radius 2 is 2.45 bits per heavy atom. The molecule has 1 N–H and O–H groups in total. The molecule has 1 aliphatic heterocycles. The number of nitrogens with zero attached hydrogens (tertiary/aromatic N) is 2. The van der Waals surface area contributed by atoms with E-state index in [-0.39, 0.29) is 12.0 Å². The van der Waals surface area contributed by atoms with E-state index in [1.54, 1.807) is 11.4 Å². The van der Waals surface area contributed by atoms with E-state index in [2.05, 4.69) is 23.2 Å². The van der Waals surface area contributed by atoms with Crippen LogP contribution in [0, 0.1) is 11.3 Å². The molecule has 2 atom stereocenters. The van der Waals surface area contributed by atoms with Gasteiger partial charge >= 0.3 is 0 Å². The number of nitrogens with one attached hydrogen (secondary N) is 1. The lowest BCUT2D eigenvalue weighted by molar-refractivity contribution is -0.117. The molecule has 2 heterocycles. The first-order valence-corrected chi connectivity index (χ1v) is 7.61. The first kappa shape index (κ1) is 15.0. The summed E-state index contributed by atoms with van der Waals surface area (Å²) in [7, 11) is 0. The van der Waals surface area contributed by atoms with Gasteiger partial charge in [0.1, 0.15) is 11.1 Å². The number of thiophene rings is 1. The fraction of sp³-hybridized carbons (Fsp3) is 0.571. The lowest BCUT2D eigenvalue weighted by Crippen LogP contribution is -2.48. The maximum absolute atomic E-state index is 11.9. The second kappa shape index (κ2) is 6.84. The summed E-state index contributed by atoms with van der Waals surface area (Å²) in [6.45, 7) is 6.44. The second-order valence-corrected chi connectivity index (χ2v) is 5.98. The maximum atomic E-state index is 11.9. The molecule has 108 valence electrons. The second-order valence-electron chi connectivity index (χ2n) is 5.06. The van der Waals surface area contributed by atoms with Gasteiger partial charge in [-0.2, -0.15) is 5.26 Å². The molecule has 5 nitrogen and oxygen atoms in total. The van der Waals surface area contributed by atoms with E-state index in [1.807, 2.05) is 6.92 Å². The Balaban J connectivity index is 1.82. The lowest BCUT2D eigenvalue weighted by atomic mass is 10.2. The van der Waals surface area contributed by atoms with Crippen molar-refractivity contribution in [2.75, 3.05) is 25.0 Å². The van der Waals surface area contributed by atoms with Crippen LogP contribution in [0.2, 0.25) is 0 Å². The summed E-state index contributed by atoms with van der Waals surface area (Å²) in [5, 5.41) is 14.2. The Bertz CT molecular complexity index is 509. The topological polar surface area (TPSA) is 65.4 Å². The van der Waals surface area contributed by atoms with Crippen molar-refractivity contribution < 1.29 is 9.53 Å². The molecule has 0 aliphatic carbocycles. The summed E-state index contributed by atoms with van der Waals surface area (Å²) in [6, 6.07) is 4.13. The normalized spacial score (nSPS) is 23.2. The molecule has 1 saturated heterocycles.